The van der Waals surface area contributed by atoms with Gasteiger partial charge in [0.25, 0.3) is 0 Å². The van der Waals surface area contributed by atoms with Gasteiger partial charge in [-0.25, -0.2) is 0 Å². The first-order valence-corrected chi connectivity index (χ1v) is 7.72. The summed E-state index contributed by atoms with van der Waals surface area (Å²) in [7, 11) is 0. The number of halogens is 1. The van der Waals surface area contributed by atoms with Crippen molar-refractivity contribution in [1.82, 2.24) is 10.2 Å². The molecule has 1 aromatic rings. The third-order valence-corrected chi connectivity index (χ3v) is 4.06. The fraction of sp³-hybridized carbons (Fsp3) is 0.714. The summed E-state index contributed by atoms with van der Waals surface area (Å²) in [4.78, 5) is 2.56. The summed E-state index contributed by atoms with van der Waals surface area (Å²) in [6, 6.07) is 4.90. The second-order valence-electron chi connectivity index (χ2n) is 5.15. The average molecular weight is 315 g/mol. The van der Waals surface area contributed by atoms with Crippen LogP contribution < -0.4 is 5.32 Å². The lowest BCUT2D eigenvalue weighted by Crippen LogP contribution is -2.43. The van der Waals surface area contributed by atoms with Crippen LogP contribution in [0.25, 0.3) is 0 Å². The Morgan fingerprint density at radius 1 is 1.44 bits per heavy atom. The first kappa shape index (κ1) is 14.1. The van der Waals surface area contributed by atoms with E-state index in [2.05, 4.69) is 40.0 Å². The molecule has 1 unspecified atom stereocenters. The molecule has 0 saturated carbocycles. The van der Waals surface area contributed by atoms with Crippen molar-refractivity contribution in [2.45, 2.75) is 45.2 Å². The van der Waals surface area contributed by atoms with Crippen LogP contribution in [0.4, 0.5) is 0 Å². The third-order valence-electron chi connectivity index (χ3n) is 3.63. The summed E-state index contributed by atoms with van der Waals surface area (Å²) in [6.07, 6.45) is 3.74. The van der Waals surface area contributed by atoms with E-state index in [1.54, 1.807) is 0 Å². The summed E-state index contributed by atoms with van der Waals surface area (Å²) < 4.78 is 6.40. The molecule has 0 aromatic carbocycles. The molecule has 2 heterocycles. The summed E-state index contributed by atoms with van der Waals surface area (Å²) >= 11 is 3.35. The SMILES string of the molecule is CCCN1CCC(NC(C)c2ccc(Br)o2)CC1. The van der Waals surface area contributed by atoms with Crippen molar-refractivity contribution >= 4 is 15.9 Å². The topological polar surface area (TPSA) is 28.4 Å². The van der Waals surface area contributed by atoms with Crippen LogP contribution in [0.15, 0.2) is 21.2 Å². The molecular formula is C14H23BrN2O. The lowest BCUT2D eigenvalue weighted by atomic mass is 10.0. The van der Waals surface area contributed by atoms with Crippen molar-refractivity contribution < 1.29 is 4.42 Å². The number of nitrogens with one attached hydrogen (secondary N) is 1. The monoisotopic (exact) mass is 314 g/mol. The van der Waals surface area contributed by atoms with E-state index in [-0.39, 0.29) is 0 Å². The molecule has 1 fully saturated rings. The predicted molar refractivity (Wildman–Crippen MR) is 77.7 cm³/mol. The molecule has 0 radical (unpaired) electrons. The van der Waals surface area contributed by atoms with E-state index < -0.39 is 0 Å². The van der Waals surface area contributed by atoms with Gasteiger partial charge in [0.05, 0.1) is 6.04 Å². The Hall–Kier alpha value is -0.320. The van der Waals surface area contributed by atoms with Crippen LogP contribution in [0.3, 0.4) is 0 Å². The maximum atomic E-state index is 5.59. The molecule has 1 aliphatic heterocycles. The minimum absolute atomic E-state index is 0.291. The number of hydrogen-bond acceptors (Lipinski definition) is 3. The van der Waals surface area contributed by atoms with Crippen LogP contribution in [-0.4, -0.2) is 30.6 Å². The Morgan fingerprint density at radius 2 is 2.17 bits per heavy atom. The van der Waals surface area contributed by atoms with Crippen molar-refractivity contribution in [1.29, 1.82) is 0 Å². The fourth-order valence-electron chi connectivity index (χ4n) is 2.64. The molecule has 3 nitrogen and oxygen atoms in total. The van der Waals surface area contributed by atoms with Gasteiger partial charge in [0, 0.05) is 6.04 Å². The molecule has 1 aliphatic rings. The summed E-state index contributed by atoms with van der Waals surface area (Å²) in [5.74, 6) is 1.01. The molecule has 0 aliphatic carbocycles. The average Bonchev–Trinajstić information content (AvgIpc) is 2.79. The molecular weight excluding hydrogens is 292 g/mol. The highest BCUT2D eigenvalue weighted by atomic mass is 79.9. The summed E-state index contributed by atoms with van der Waals surface area (Å²) in [6.45, 7) is 8.11. The van der Waals surface area contributed by atoms with Gasteiger partial charge in [-0.1, -0.05) is 6.92 Å². The molecule has 1 saturated heterocycles. The number of piperidine rings is 1. The van der Waals surface area contributed by atoms with Gasteiger partial charge in [-0.3, -0.25) is 0 Å². The minimum atomic E-state index is 0.291. The molecule has 18 heavy (non-hydrogen) atoms. The van der Waals surface area contributed by atoms with Gasteiger partial charge in [-0.05, 0) is 73.9 Å². The number of rotatable bonds is 5. The molecule has 2 rings (SSSR count). The lowest BCUT2D eigenvalue weighted by Gasteiger charge is -2.33. The van der Waals surface area contributed by atoms with Crippen LogP contribution in [0.5, 0.6) is 0 Å². The van der Waals surface area contributed by atoms with Gasteiger partial charge < -0.3 is 14.6 Å². The van der Waals surface area contributed by atoms with Crippen LogP contribution >= 0.6 is 15.9 Å². The zero-order valence-corrected chi connectivity index (χ0v) is 12.9. The fourth-order valence-corrected chi connectivity index (χ4v) is 2.96. The Balaban J connectivity index is 1.77. The first-order valence-electron chi connectivity index (χ1n) is 6.92. The van der Waals surface area contributed by atoms with E-state index >= 15 is 0 Å². The Morgan fingerprint density at radius 3 is 2.72 bits per heavy atom. The highest BCUT2D eigenvalue weighted by Crippen LogP contribution is 2.22. The second kappa shape index (κ2) is 6.73. The van der Waals surface area contributed by atoms with Crippen molar-refractivity contribution in [3.8, 4) is 0 Å². The van der Waals surface area contributed by atoms with Crippen molar-refractivity contribution in [2.75, 3.05) is 19.6 Å². The van der Waals surface area contributed by atoms with Gasteiger partial charge in [0.15, 0.2) is 4.67 Å². The number of furan rings is 1. The smallest absolute Gasteiger partial charge is 0.169 e. The number of nitrogens with zero attached hydrogens (tertiary/aromatic N) is 1. The molecule has 1 atom stereocenters. The van der Waals surface area contributed by atoms with Crippen molar-refractivity contribution in [3.63, 3.8) is 0 Å². The Bertz CT molecular complexity index is 358. The van der Waals surface area contributed by atoms with E-state index in [1.165, 1.54) is 38.9 Å². The predicted octanol–water partition coefficient (Wildman–Crippen LogP) is 3.57. The normalized spacial score (nSPS) is 20.2. The van der Waals surface area contributed by atoms with Gasteiger partial charge >= 0.3 is 0 Å². The molecule has 102 valence electrons. The molecule has 0 bridgehead atoms. The number of hydrogen-bond donors (Lipinski definition) is 1. The zero-order valence-electron chi connectivity index (χ0n) is 11.3. The largest absolute Gasteiger partial charge is 0.453 e. The van der Waals surface area contributed by atoms with Crippen LogP contribution in [0, 0.1) is 0 Å². The van der Waals surface area contributed by atoms with Gasteiger partial charge in [0.2, 0.25) is 0 Å². The molecule has 4 heteroatoms. The Kier molecular flexibility index (Phi) is 5.27. The minimum Gasteiger partial charge on any atom is -0.453 e. The quantitative estimate of drug-likeness (QED) is 0.900. The third kappa shape index (κ3) is 3.84. The molecule has 1 N–H and O–H groups in total. The molecule has 0 spiro atoms. The second-order valence-corrected chi connectivity index (χ2v) is 5.93. The molecule has 1 aromatic heterocycles. The maximum Gasteiger partial charge on any atom is 0.169 e. The van der Waals surface area contributed by atoms with E-state index in [4.69, 9.17) is 4.42 Å². The van der Waals surface area contributed by atoms with Gasteiger partial charge in [-0.2, -0.15) is 0 Å². The maximum absolute atomic E-state index is 5.59. The van der Waals surface area contributed by atoms with Crippen LogP contribution in [0.1, 0.15) is 44.9 Å². The van der Waals surface area contributed by atoms with Gasteiger partial charge in [-0.15, -0.1) is 0 Å². The highest BCUT2D eigenvalue weighted by molar-refractivity contribution is 9.10. The summed E-state index contributed by atoms with van der Waals surface area (Å²) in [5.41, 5.74) is 0. The lowest BCUT2D eigenvalue weighted by molar-refractivity contribution is 0.189. The highest BCUT2D eigenvalue weighted by Gasteiger charge is 2.21. The van der Waals surface area contributed by atoms with Crippen molar-refractivity contribution in [3.05, 3.63) is 22.6 Å². The van der Waals surface area contributed by atoms with E-state index in [0.717, 1.165) is 10.4 Å². The van der Waals surface area contributed by atoms with E-state index in [0.29, 0.717) is 12.1 Å². The number of likely N-dealkylation sites (tertiary alicyclic amines) is 1. The standard InChI is InChI=1S/C14H23BrN2O/c1-3-8-17-9-6-12(7-10-17)16-11(2)13-4-5-14(15)18-13/h4-5,11-12,16H,3,6-10H2,1-2H3. The summed E-state index contributed by atoms with van der Waals surface area (Å²) in [5, 5.41) is 3.67. The Labute approximate surface area is 118 Å². The van der Waals surface area contributed by atoms with Crippen molar-refractivity contribution in [2.24, 2.45) is 0 Å². The van der Waals surface area contributed by atoms with E-state index in [9.17, 15) is 0 Å². The van der Waals surface area contributed by atoms with Crippen LogP contribution in [-0.2, 0) is 0 Å². The van der Waals surface area contributed by atoms with Crippen LogP contribution in [0.2, 0.25) is 0 Å². The molecule has 0 amide bonds. The van der Waals surface area contributed by atoms with Gasteiger partial charge in [0.1, 0.15) is 5.76 Å². The van der Waals surface area contributed by atoms with E-state index in [1.807, 2.05) is 12.1 Å². The zero-order chi connectivity index (χ0) is 13.0. The first-order chi connectivity index (χ1) is 8.69.